The van der Waals surface area contributed by atoms with Crippen molar-refractivity contribution in [2.24, 2.45) is 0 Å². The van der Waals surface area contributed by atoms with E-state index in [-0.39, 0.29) is 0 Å². The number of hydrogen-bond donors (Lipinski definition) is 2. The summed E-state index contributed by atoms with van der Waals surface area (Å²) in [7, 11) is 0. The van der Waals surface area contributed by atoms with E-state index in [1.165, 1.54) is 12.0 Å². The average Bonchev–Trinajstić information content (AvgIpc) is 2.64. The molecule has 132 valence electrons. The average molecular weight is 338 g/mol. The lowest BCUT2D eigenvalue weighted by Crippen LogP contribution is -2.14. The molecule has 1 atom stereocenters. The van der Waals surface area contributed by atoms with Crippen LogP contribution in [0.25, 0.3) is 6.08 Å². The van der Waals surface area contributed by atoms with Crippen molar-refractivity contribution in [3.8, 4) is 0 Å². The molecule has 0 unspecified atom stereocenters. The number of aliphatic hydroxyl groups excluding tert-OH is 1. The molecule has 5 heteroatoms. The number of aliphatic hydroxyl groups is 1. The Labute approximate surface area is 149 Å². The Kier molecular flexibility index (Phi) is 6.12. The molecule has 3 rings (SSSR count). The Bertz CT molecular complexity index is 712. The van der Waals surface area contributed by atoms with Crippen LogP contribution in [0.5, 0.6) is 0 Å². The van der Waals surface area contributed by atoms with E-state index in [0.29, 0.717) is 0 Å². The minimum Gasteiger partial charge on any atom is -0.389 e. The molecule has 0 aliphatic carbocycles. The zero-order valence-electron chi connectivity index (χ0n) is 14.8. The summed E-state index contributed by atoms with van der Waals surface area (Å²) in [6, 6.07) is 4.34. The Hall–Kier alpha value is -2.27. The zero-order valence-corrected chi connectivity index (χ0v) is 14.8. The largest absolute Gasteiger partial charge is 0.389 e. The van der Waals surface area contributed by atoms with Crippen LogP contribution >= 0.6 is 0 Å². The molecule has 1 aliphatic heterocycles. The van der Waals surface area contributed by atoms with Gasteiger partial charge in [0.15, 0.2) is 0 Å². The number of fused-ring (bicyclic) bond motifs is 1. The van der Waals surface area contributed by atoms with Crippen LogP contribution in [0, 0.1) is 6.92 Å². The summed E-state index contributed by atoms with van der Waals surface area (Å²) in [6.45, 7) is 2.88. The predicted molar refractivity (Wildman–Crippen MR) is 100 cm³/mol. The second-order valence-electron chi connectivity index (χ2n) is 6.58. The number of hydrogen-bond acceptors (Lipinski definition) is 5. The number of aromatic nitrogens is 3. The first-order chi connectivity index (χ1) is 12.2. The number of anilines is 1. The molecule has 0 amide bonds. The van der Waals surface area contributed by atoms with Gasteiger partial charge in [-0.05, 0) is 50.7 Å². The molecule has 2 N–H and O–H groups in total. The Morgan fingerprint density at radius 2 is 2.08 bits per heavy atom. The van der Waals surface area contributed by atoms with Gasteiger partial charge < -0.3 is 10.4 Å². The third-order valence-electron chi connectivity index (χ3n) is 4.45. The molecular formula is C20H26N4O. The summed E-state index contributed by atoms with van der Waals surface area (Å²) in [4.78, 5) is 13.0. The van der Waals surface area contributed by atoms with Crippen LogP contribution in [0.15, 0.2) is 30.6 Å². The van der Waals surface area contributed by atoms with Crippen molar-refractivity contribution in [2.45, 2.75) is 51.6 Å². The number of aryl methyl sites for hydroxylation is 3. The molecule has 5 nitrogen and oxygen atoms in total. The molecule has 0 saturated heterocycles. The van der Waals surface area contributed by atoms with E-state index in [9.17, 15) is 5.11 Å². The summed E-state index contributed by atoms with van der Waals surface area (Å²) in [5.41, 5.74) is 3.38. The first kappa shape index (κ1) is 17.5. The van der Waals surface area contributed by atoms with Crippen LogP contribution < -0.4 is 5.32 Å². The smallest absolute Gasteiger partial charge is 0.129 e. The third kappa shape index (κ3) is 5.36. The Balaban J connectivity index is 1.40. The van der Waals surface area contributed by atoms with Gasteiger partial charge in [-0.15, -0.1) is 0 Å². The summed E-state index contributed by atoms with van der Waals surface area (Å²) in [6.07, 6.45) is 12.8. The van der Waals surface area contributed by atoms with Crippen LogP contribution in [0.3, 0.4) is 0 Å². The van der Waals surface area contributed by atoms with Crippen LogP contribution in [-0.2, 0) is 12.8 Å². The predicted octanol–water partition coefficient (Wildman–Crippen LogP) is 3.33. The molecule has 1 aliphatic rings. The van der Waals surface area contributed by atoms with Crippen molar-refractivity contribution in [3.63, 3.8) is 0 Å². The quantitative estimate of drug-likeness (QED) is 0.758. The highest BCUT2D eigenvalue weighted by Crippen LogP contribution is 2.20. The molecule has 0 aromatic carbocycles. The third-order valence-corrected chi connectivity index (χ3v) is 4.45. The van der Waals surface area contributed by atoms with Crippen molar-refractivity contribution < 1.29 is 5.11 Å². The normalized spacial score (nSPS) is 15.0. The second kappa shape index (κ2) is 8.72. The molecule has 2 aromatic rings. The number of rotatable bonds is 7. The maximum absolute atomic E-state index is 10.1. The SMILES string of the molecule is Cc1ncc(C=C[C@H](O)CCCCc2ccc3c(n2)NCCC3)cn1. The fraction of sp³-hybridized carbons (Fsp3) is 0.450. The van der Waals surface area contributed by atoms with Crippen LogP contribution in [-0.4, -0.2) is 32.7 Å². The van der Waals surface area contributed by atoms with Crippen LogP contribution in [0.2, 0.25) is 0 Å². The Morgan fingerprint density at radius 1 is 1.24 bits per heavy atom. The van der Waals surface area contributed by atoms with Gasteiger partial charge in [0.1, 0.15) is 11.6 Å². The van der Waals surface area contributed by atoms with Crippen molar-refractivity contribution in [3.05, 3.63) is 53.2 Å². The van der Waals surface area contributed by atoms with Gasteiger partial charge in [-0.2, -0.15) is 0 Å². The lowest BCUT2D eigenvalue weighted by atomic mass is 10.0. The van der Waals surface area contributed by atoms with Crippen molar-refractivity contribution in [1.29, 1.82) is 0 Å². The van der Waals surface area contributed by atoms with Gasteiger partial charge >= 0.3 is 0 Å². The zero-order chi connectivity index (χ0) is 17.5. The van der Waals surface area contributed by atoms with Crippen molar-refractivity contribution in [1.82, 2.24) is 15.0 Å². The molecule has 25 heavy (non-hydrogen) atoms. The molecule has 0 spiro atoms. The summed E-state index contributed by atoms with van der Waals surface area (Å²) < 4.78 is 0. The first-order valence-corrected chi connectivity index (χ1v) is 9.08. The van der Waals surface area contributed by atoms with Crippen LogP contribution in [0.1, 0.15) is 48.3 Å². The minimum atomic E-state index is -0.431. The molecular weight excluding hydrogens is 312 g/mol. The van der Waals surface area contributed by atoms with E-state index in [1.54, 1.807) is 12.4 Å². The molecule has 0 fully saturated rings. The summed E-state index contributed by atoms with van der Waals surface area (Å²) >= 11 is 0. The lowest BCUT2D eigenvalue weighted by Gasteiger charge is -2.17. The highest BCUT2D eigenvalue weighted by molar-refractivity contribution is 5.47. The fourth-order valence-electron chi connectivity index (χ4n) is 2.97. The van der Waals surface area contributed by atoms with Gasteiger partial charge in [-0.1, -0.05) is 24.6 Å². The second-order valence-corrected chi connectivity index (χ2v) is 6.58. The maximum Gasteiger partial charge on any atom is 0.129 e. The van der Waals surface area contributed by atoms with E-state index in [0.717, 1.165) is 61.5 Å². The van der Waals surface area contributed by atoms with E-state index < -0.39 is 6.10 Å². The molecule has 0 bridgehead atoms. The van der Waals surface area contributed by atoms with Crippen LogP contribution in [0.4, 0.5) is 5.82 Å². The van der Waals surface area contributed by atoms with Gasteiger partial charge in [0.25, 0.3) is 0 Å². The molecule has 0 saturated carbocycles. The number of nitrogens with one attached hydrogen (secondary N) is 1. The van der Waals surface area contributed by atoms with Gasteiger partial charge in [0, 0.05) is 30.2 Å². The highest BCUT2D eigenvalue weighted by atomic mass is 16.3. The van der Waals surface area contributed by atoms with Crippen molar-refractivity contribution >= 4 is 11.9 Å². The van der Waals surface area contributed by atoms with Gasteiger partial charge in [0.2, 0.25) is 0 Å². The van der Waals surface area contributed by atoms with Gasteiger partial charge in [-0.25, -0.2) is 15.0 Å². The maximum atomic E-state index is 10.1. The highest BCUT2D eigenvalue weighted by Gasteiger charge is 2.10. The van der Waals surface area contributed by atoms with E-state index in [1.807, 2.05) is 19.1 Å². The number of unbranched alkanes of at least 4 members (excludes halogenated alkanes) is 1. The molecule has 3 heterocycles. The lowest BCUT2D eigenvalue weighted by molar-refractivity contribution is 0.209. The fourth-order valence-corrected chi connectivity index (χ4v) is 2.97. The summed E-state index contributed by atoms with van der Waals surface area (Å²) in [5.74, 6) is 1.82. The van der Waals surface area contributed by atoms with E-state index in [2.05, 4.69) is 27.4 Å². The van der Waals surface area contributed by atoms with Gasteiger partial charge in [0.05, 0.1) is 6.10 Å². The van der Waals surface area contributed by atoms with E-state index in [4.69, 9.17) is 4.98 Å². The topological polar surface area (TPSA) is 70.9 Å². The standard InChI is InChI=1S/C20H26N4O/c1-15-22-13-16(14-23-15)8-11-19(25)7-3-2-6-18-10-9-17-5-4-12-21-20(17)24-18/h8-11,13-14,19,25H,2-7,12H2,1H3,(H,21,24)/t19-/m1/s1. The Morgan fingerprint density at radius 3 is 2.92 bits per heavy atom. The summed E-state index contributed by atoms with van der Waals surface area (Å²) in [5, 5.41) is 13.4. The molecule has 2 aromatic heterocycles. The monoisotopic (exact) mass is 338 g/mol. The van der Waals surface area contributed by atoms with Gasteiger partial charge in [-0.3, -0.25) is 0 Å². The minimum absolute atomic E-state index is 0.431. The number of nitrogens with zero attached hydrogens (tertiary/aromatic N) is 3. The number of pyridine rings is 1. The molecule has 0 radical (unpaired) electrons. The van der Waals surface area contributed by atoms with E-state index >= 15 is 0 Å². The first-order valence-electron chi connectivity index (χ1n) is 9.08. The van der Waals surface area contributed by atoms with Crippen molar-refractivity contribution in [2.75, 3.05) is 11.9 Å².